The summed E-state index contributed by atoms with van der Waals surface area (Å²) in [6, 6.07) is 11.9. The molecule has 6 N–H and O–H groups in total. The van der Waals surface area contributed by atoms with E-state index in [1.807, 2.05) is 79.7 Å². The van der Waals surface area contributed by atoms with Gasteiger partial charge < -0.3 is 59.0 Å². The van der Waals surface area contributed by atoms with Crippen molar-refractivity contribution in [3.63, 3.8) is 0 Å². The molecule has 0 radical (unpaired) electrons. The number of amides is 2. The second-order valence-corrected chi connectivity index (χ2v) is 26.9. The molecule has 24 heteroatoms. The molecule has 0 saturated carbocycles. The fraction of sp³-hybridized carbons (Fsp3) is 0.443. The molecule has 544 valence electrons. The van der Waals surface area contributed by atoms with E-state index in [4.69, 9.17) is 48.4 Å². The Morgan fingerprint density at radius 2 is 0.777 bits per heavy atom. The number of aryl methyl sites for hydroxylation is 6. The van der Waals surface area contributed by atoms with E-state index < -0.39 is 47.5 Å². The lowest BCUT2D eigenvalue weighted by Gasteiger charge is -2.19. The van der Waals surface area contributed by atoms with Gasteiger partial charge >= 0.3 is 35.8 Å². The van der Waals surface area contributed by atoms with Crippen LogP contribution in [-0.2, 0) is 105 Å². The van der Waals surface area contributed by atoms with Gasteiger partial charge in [0.1, 0.15) is 0 Å². The third kappa shape index (κ3) is 15.8. The first kappa shape index (κ1) is 75.2. The zero-order valence-electron chi connectivity index (χ0n) is 61.9. The largest absolute Gasteiger partial charge is 0.469 e. The van der Waals surface area contributed by atoms with Crippen molar-refractivity contribution in [2.75, 3.05) is 54.7 Å². The Hall–Kier alpha value is -10.5. The summed E-state index contributed by atoms with van der Waals surface area (Å²) in [5.74, 6) is -5.41. The molecule has 0 unspecified atom stereocenters. The van der Waals surface area contributed by atoms with E-state index in [9.17, 15) is 28.8 Å². The molecule has 0 saturated heterocycles. The first-order valence-corrected chi connectivity index (χ1v) is 35.3. The van der Waals surface area contributed by atoms with Crippen molar-refractivity contribution in [1.82, 2.24) is 50.5 Å². The second kappa shape index (κ2) is 32.2. The molecule has 24 nitrogen and oxygen atoms in total. The standard InChI is InChI=1S/C79H94N10O14/c1-17-48-38(3)58-34-66-50(24-28-102-46(11)90)40(5)56(84-66)32-60-42(7)52(20-22-68(92)98-13)74(86-60)54(30-70(94)100-15)76-72(44(9)62(88-76)36-64(48)82-58)78(96)80-26-19-27-81-79(97)73-45(10)63-37-65-49(18-2)39(4)59(83-65)35-67-51(25-29-103-47(12)91)41(6)57(85-67)33-61-43(8)53(21-23-69(93)99-14)75(87-61)55(77(73)89-63)31-71(95)101-16/h32-37,42-43,52-53,82-85H,17-31H2,1-16H3,(H,80,96)(H,81,97)/t42-,43-,52-,53-/m0/s1. The zero-order chi connectivity index (χ0) is 74.4. The number of methoxy groups -OCH3 is 4. The Morgan fingerprint density at radius 3 is 1.12 bits per heavy atom. The van der Waals surface area contributed by atoms with Gasteiger partial charge in [-0.15, -0.1) is 0 Å². The number of rotatable bonds is 24. The number of nitrogens with zero attached hydrogens (tertiary/aromatic N) is 4. The number of esters is 6. The van der Waals surface area contributed by atoms with Gasteiger partial charge in [-0.1, -0.05) is 27.7 Å². The number of aromatic amines is 4. The van der Waals surface area contributed by atoms with E-state index >= 15 is 9.59 Å². The topological polar surface area (TPSA) is 331 Å². The van der Waals surface area contributed by atoms with Crippen molar-refractivity contribution >= 4 is 114 Å². The van der Waals surface area contributed by atoms with Crippen molar-refractivity contribution in [3.8, 4) is 0 Å². The molecule has 103 heavy (non-hydrogen) atoms. The Bertz CT molecular complexity index is 4570. The maximum Gasteiger partial charge on any atom is 0.310 e. The summed E-state index contributed by atoms with van der Waals surface area (Å²) >= 11 is 0. The highest BCUT2D eigenvalue weighted by molar-refractivity contribution is 6.28. The number of hydrogen-bond acceptors (Lipinski definition) is 18. The number of hydrogen-bond donors (Lipinski definition) is 6. The van der Waals surface area contributed by atoms with Crippen molar-refractivity contribution in [3.05, 3.63) is 138 Å². The van der Waals surface area contributed by atoms with Crippen molar-refractivity contribution in [1.29, 1.82) is 0 Å². The number of carbonyl (C=O) groups is 8. The van der Waals surface area contributed by atoms with Crippen LogP contribution in [0.1, 0.15) is 212 Å². The highest BCUT2D eigenvalue weighted by Gasteiger charge is 2.39. The highest BCUT2D eigenvalue weighted by atomic mass is 16.5. The van der Waals surface area contributed by atoms with Crippen LogP contribution in [0.25, 0.3) is 66.4 Å². The third-order valence-electron chi connectivity index (χ3n) is 20.8. The fourth-order valence-electron chi connectivity index (χ4n) is 14.9. The Kier molecular flexibility index (Phi) is 23.5. The molecule has 10 heterocycles. The van der Waals surface area contributed by atoms with Gasteiger partial charge in [-0.2, -0.15) is 0 Å². The van der Waals surface area contributed by atoms with Gasteiger partial charge in [-0.25, -0.2) is 9.97 Å². The molecule has 2 amide bonds. The summed E-state index contributed by atoms with van der Waals surface area (Å²) in [5, 5.41) is 6.23. The number of H-pyrrole nitrogens is 4. The van der Waals surface area contributed by atoms with Crippen LogP contribution in [0.4, 0.5) is 0 Å². The molecule has 0 aromatic carbocycles. The van der Waals surface area contributed by atoms with Crippen LogP contribution in [0.15, 0.2) is 36.4 Å². The van der Waals surface area contributed by atoms with Crippen LogP contribution in [0.3, 0.4) is 0 Å². The molecular weight excluding hydrogens is 1310 g/mol. The smallest absolute Gasteiger partial charge is 0.310 e. The van der Waals surface area contributed by atoms with Gasteiger partial charge in [0.15, 0.2) is 0 Å². The Labute approximate surface area is 598 Å². The Balaban J connectivity index is 1.06. The molecular formula is C79H94N10O14. The number of ether oxygens (including phenoxy) is 6. The summed E-state index contributed by atoms with van der Waals surface area (Å²) in [4.78, 5) is 144. The summed E-state index contributed by atoms with van der Waals surface area (Å²) < 4.78 is 31.9. The maximum absolute atomic E-state index is 15.3. The average Bonchev–Trinajstić information content (AvgIpc) is 1.61. The minimum atomic E-state index is -0.606. The monoisotopic (exact) mass is 1410 g/mol. The highest BCUT2D eigenvalue weighted by Crippen LogP contribution is 2.46. The van der Waals surface area contributed by atoms with Crippen molar-refractivity contribution < 1.29 is 66.8 Å². The summed E-state index contributed by atoms with van der Waals surface area (Å²) in [6.45, 7) is 23.1. The van der Waals surface area contributed by atoms with Crippen molar-refractivity contribution in [2.45, 2.75) is 177 Å². The van der Waals surface area contributed by atoms with Gasteiger partial charge in [-0.05, 0) is 166 Å². The van der Waals surface area contributed by atoms with Crippen LogP contribution in [-0.4, -0.2) is 142 Å². The van der Waals surface area contributed by atoms with Crippen molar-refractivity contribution in [2.24, 2.45) is 0 Å². The summed E-state index contributed by atoms with van der Waals surface area (Å²) in [5.41, 5.74) is 19.8. The van der Waals surface area contributed by atoms with Crippen LogP contribution < -0.4 is 10.6 Å². The summed E-state index contributed by atoms with van der Waals surface area (Å²) in [6.07, 6.45) is 2.35. The Morgan fingerprint density at radius 1 is 0.437 bits per heavy atom. The average molecular weight is 1410 g/mol. The SMILES string of the molecule is CCc1c(C)c2cc3[nH]c(cc4nc(c(CC(=O)OC)c5nc(cc1[nH]2)C(C)=C5C(=O)NCCCNC(=O)C1=C(C)c2cc5[nH]c(cc6[nH]c(cc7nc(c(CC(=O)OC)c1n2)[C@@H](CCC(=O)OC)[C@@H]7C)c(C)c6CCOC(C)=O)c(C)c5CC)[C@@H](CCC(=O)OC)[C@@H]4C)c(C)c3CCOC(C)=O. The fourth-order valence-corrected chi connectivity index (χ4v) is 14.9. The van der Waals surface area contributed by atoms with Crippen LogP contribution >= 0.6 is 0 Å². The van der Waals surface area contributed by atoms with E-state index in [0.29, 0.717) is 82.1 Å². The number of allylic oxidation sites excluding steroid dienone is 2. The molecule has 0 fully saturated rings. The molecule has 6 aromatic rings. The molecule has 4 aliphatic rings. The molecule has 16 bridgehead atoms. The normalized spacial score (nSPS) is 15.6. The van der Waals surface area contributed by atoms with Gasteiger partial charge in [0.05, 0.1) is 99.8 Å². The van der Waals surface area contributed by atoms with Gasteiger partial charge in [0, 0.05) is 143 Å². The predicted octanol–water partition coefficient (Wildman–Crippen LogP) is 11.8. The van der Waals surface area contributed by atoms with Crippen LogP contribution in [0, 0.1) is 27.7 Å². The van der Waals surface area contributed by atoms with E-state index in [1.54, 1.807) is 0 Å². The molecule has 4 atom stereocenters. The number of nitrogens with one attached hydrogen (secondary N) is 6. The molecule has 10 rings (SSSR count). The van der Waals surface area contributed by atoms with E-state index in [2.05, 4.69) is 56.5 Å². The van der Waals surface area contributed by atoms with E-state index in [-0.39, 0.29) is 118 Å². The number of fused-ring (bicyclic) bond motifs is 16. The first-order chi connectivity index (χ1) is 49.2. The van der Waals surface area contributed by atoms with Gasteiger partial charge in [0.2, 0.25) is 0 Å². The lowest BCUT2D eigenvalue weighted by Crippen LogP contribution is -2.31. The second-order valence-electron chi connectivity index (χ2n) is 26.9. The van der Waals surface area contributed by atoms with E-state index in [0.717, 1.165) is 88.6 Å². The number of aromatic nitrogens is 8. The first-order valence-electron chi connectivity index (χ1n) is 35.3. The van der Waals surface area contributed by atoms with Crippen LogP contribution in [0.2, 0.25) is 0 Å². The molecule has 0 aliphatic carbocycles. The maximum atomic E-state index is 15.3. The van der Waals surface area contributed by atoms with E-state index in [1.165, 1.54) is 42.3 Å². The third-order valence-corrected chi connectivity index (χ3v) is 20.8. The lowest BCUT2D eigenvalue weighted by atomic mass is 9.84. The lowest BCUT2D eigenvalue weighted by molar-refractivity contribution is -0.141. The summed E-state index contributed by atoms with van der Waals surface area (Å²) in [7, 11) is 5.24. The minimum absolute atomic E-state index is 0.0306. The van der Waals surface area contributed by atoms with Crippen LogP contribution in [0.5, 0.6) is 0 Å². The van der Waals surface area contributed by atoms with Gasteiger partial charge in [0.25, 0.3) is 11.8 Å². The number of carbonyl (C=O) groups excluding carboxylic acids is 8. The molecule has 4 aliphatic heterocycles. The molecule has 6 aromatic heterocycles. The quantitative estimate of drug-likeness (QED) is 0.0186. The zero-order valence-corrected chi connectivity index (χ0v) is 61.9. The van der Waals surface area contributed by atoms with Gasteiger partial charge in [-0.3, -0.25) is 48.3 Å². The minimum Gasteiger partial charge on any atom is -0.469 e. The predicted molar refractivity (Wildman–Crippen MR) is 392 cm³/mol. The molecule has 0 spiro atoms.